The van der Waals surface area contributed by atoms with Crippen LogP contribution in [0.2, 0.25) is 0 Å². The van der Waals surface area contributed by atoms with Crippen LogP contribution in [0.1, 0.15) is 226 Å². The molecule has 4 nitrogen and oxygen atoms in total. The highest BCUT2D eigenvalue weighted by atomic mass is 16.6. The molecule has 0 aromatic rings. The van der Waals surface area contributed by atoms with Crippen LogP contribution in [0.3, 0.4) is 0 Å². The minimum absolute atomic E-state index is 0.175. The zero-order valence-electron chi connectivity index (χ0n) is 36.0. The second kappa shape index (κ2) is 47.2. The van der Waals surface area contributed by atoms with Gasteiger partial charge in [-0.15, -0.1) is 0 Å². The predicted molar refractivity (Wildman–Crippen MR) is 237 cm³/mol. The molecule has 0 fully saturated rings. The van der Waals surface area contributed by atoms with Crippen molar-refractivity contribution in [3.63, 3.8) is 0 Å². The molecule has 1 atom stereocenters. The van der Waals surface area contributed by atoms with Gasteiger partial charge in [0.25, 0.3) is 0 Å². The standard InChI is InChI=1S/C50H90O4/c1-3-5-7-9-11-13-15-17-19-21-23-24-25-26-27-29-31-33-35-37-39-41-43-45-50(52)54-49(47-51)48-53-46-44-42-40-38-36-34-32-30-28-22-20-18-16-14-12-10-8-6-4-2/h5,7,11,13,17,19-20,22-24,49,51H,3-4,6,8-10,12,14-16,18,21,25-48H2,1-2H3/b7-5-,13-11-,19-17-,22-20-,24-23-. The fourth-order valence-corrected chi connectivity index (χ4v) is 6.61. The lowest BCUT2D eigenvalue weighted by molar-refractivity contribution is -0.154. The van der Waals surface area contributed by atoms with Gasteiger partial charge in [-0.2, -0.15) is 0 Å². The first kappa shape index (κ1) is 52.1. The molecule has 0 aromatic carbocycles. The summed E-state index contributed by atoms with van der Waals surface area (Å²) < 4.78 is 11.2. The zero-order valence-corrected chi connectivity index (χ0v) is 36.0. The molecule has 4 heteroatoms. The summed E-state index contributed by atoms with van der Waals surface area (Å²) in [5.41, 5.74) is 0. The van der Waals surface area contributed by atoms with Crippen LogP contribution in [0, 0.1) is 0 Å². The Hall–Kier alpha value is -1.91. The van der Waals surface area contributed by atoms with E-state index in [1.54, 1.807) is 0 Å². The van der Waals surface area contributed by atoms with Crippen molar-refractivity contribution in [3.8, 4) is 0 Å². The molecule has 0 aliphatic heterocycles. The number of aliphatic hydroxyl groups is 1. The van der Waals surface area contributed by atoms with Gasteiger partial charge in [0, 0.05) is 13.0 Å². The van der Waals surface area contributed by atoms with Gasteiger partial charge in [-0.3, -0.25) is 4.79 Å². The molecule has 314 valence electrons. The number of aliphatic hydroxyl groups excluding tert-OH is 1. The van der Waals surface area contributed by atoms with Gasteiger partial charge in [0.2, 0.25) is 0 Å². The van der Waals surface area contributed by atoms with E-state index in [1.807, 2.05) is 0 Å². The highest BCUT2D eigenvalue weighted by Crippen LogP contribution is 2.14. The van der Waals surface area contributed by atoms with Gasteiger partial charge in [-0.1, -0.05) is 203 Å². The Kier molecular flexibility index (Phi) is 45.6. The molecule has 54 heavy (non-hydrogen) atoms. The van der Waals surface area contributed by atoms with Crippen LogP contribution in [0.25, 0.3) is 0 Å². The second-order valence-corrected chi connectivity index (χ2v) is 15.4. The normalized spacial score (nSPS) is 12.9. The quantitative estimate of drug-likeness (QED) is 0.0383. The van der Waals surface area contributed by atoms with E-state index in [4.69, 9.17) is 9.47 Å². The summed E-state index contributed by atoms with van der Waals surface area (Å²) in [4.78, 5) is 12.2. The molecule has 0 aliphatic carbocycles. The Bertz CT molecular complexity index is 885. The number of hydrogen-bond donors (Lipinski definition) is 1. The third-order valence-electron chi connectivity index (χ3n) is 10.1. The zero-order chi connectivity index (χ0) is 39.1. The van der Waals surface area contributed by atoms with Crippen molar-refractivity contribution in [2.24, 2.45) is 0 Å². The van der Waals surface area contributed by atoms with E-state index in [1.165, 1.54) is 161 Å². The Labute approximate surface area is 336 Å². The lowest BCUT2D eigenvalue weighted by Crippen LogP contribution is -2.27. The number of unbranched alkanes of at least 4 members (excludes halogenated alkanes) is 25. The predicted octanol–water partition coefficient (Wildman–Crippen LogP) is 15.6. The molecule has 0 radical (unpaired) electrons. The Morgan fingerprint density at radius 2 is 0.833 bits per heavy atom. The molecule has 1 unspecified atom stereocenters. The third kappa shape index (κ3) is 44.5. The van der Waals surface area contributed by atoms with E-state index in [0.29, 0.717) is 19.6 Å². The van der Waals surface area contributed by atoms with E-state index in [-0.39, 0.29) is 12.6 Å². The smallest absolute Gasteiger partial charge is 0.306 e. The van der Waals surface area contributed by atoms with Crippen LogP contribution in [-0.4, -0.2) is 37.0 Å². The molecular weight excluding hydrogens is 665 g/mol. The average Bonchev–Trinajstić information content (AvgIpc) is 3.18. The number of rotatable bonds is 43. The van der Waals surface area contributed by atoms with Crippen molar-refractivity contribution in [2.75, 3.05) is 19.8 Å². The fourth-order valence-electron chi connectivity index (χ4n) is 6.61. The van der Waals surface area contributed by atoms with E-state index >= 15 is 0 Å². The topological polar surface area (TPSA) is 55.8 Å². The van der Waals surface area contributed by atoms with Gasteiger partial charge in [-0.05, 0) is 77.0 Å². The Morgan fingerprint density at radius 1 is 0.463 bits per heavy atom. The largest absolute Gasteiger partial charge is 0.457 e. The van der Waals surface area contributed by atoms with Gasteiger partial charge in [0.05, 0.1) is 13.2 Å². The SMILES string of the molecule is CC/C=C\C/C=C\C/C=C\C/C=C\CCCCCCCCCCCCC(=O)OC(CO)COCCCCCCCCCC/C=C\CCCCCCCCC. The number of allylic oxidation sites excluding steroid dienone is 10. The Balaban J connectivity index is 3.44. The highest BCUT2D eigenvalue weighted by Gasteiger charge is 2.13. The van der Waals surface area contributed by atoms with E-state index in [2.05, 4.69) is 74.6 Å². The van der Waals surface area contributed by atoms with Gasteiger partial charge < -0.3 is 14.6 Å². The average molecular weight is 755 g/mol. The first-order valence-electron chi connectivity index (χ1n) is 23.4. The lowest BCUT2D eigenvalue weighted by Gasteiger charge is -2.16. The monoisotopic (exact) mass is 755 g/mol. The van der Waals surface area contributed by atoms with Crippen LogP contribution >= 0.6 is 0 Å². The summed E-state index contributed by atoms with van der Waals surface area (Å²) in [5.74, 6) is -0.206. The summed E-state index contributed by atoms with van der Waals surface area (Å²) >= 11 is 0. The first-order valence-corrected chi connectivity index (χ1v) is 23.4. The van der Waals surface area contributed by atoms with E-state index in [0.717, 1.165) is 44.9 Å². The maximum absolute atomic E-state index is 12.2. The minimum Gasteiger partial charge on any atom is -0.457 e. The van der Waals surface area contributed by atoms with Crippen molar-refractivity contribution in [3.05, 3.63) is 60.8 Å². The molecule has 0 saturated heterocycles. The molecule has 0 aromatic heterocycles. The highest BCUT2D eigenvalue weighted by molar-refractivity contribution is 5.69. The molecule has 0 bridgehead atoms. The summed E-state index contributed by atoms with van der Waals surface area (Å²) in [6, 6.07) is 0. The van der Waals surface area contributed by atoms with Crippen LogP contribution in [0.15, 0.2) is 60.8 Å². The van der Waals surface area contributed by atoms with Crippen LogP contribution in [0.5, 0.6) is 0 Å². The van der Waals surface area contributed by atoms with Crippen molar-refractivity contribution in [2.45, 2.75) is 232 Å². The van der Waals surface area contributed by atoms with Crippen molar-refractivity contribution in [1.82, 2.24) is 0 Å². The lowest BCUT2D eigenvalue weighted by atomic mass is 10.0. The first-order chi connectivity index (χ1) is 26.7. The van der Waals surface area contributed by atoms with Crippen LogP contribution in [0.4, 0.5) is 0 Å². The third-order valence-corrected chi connectivity index (χ3v) is 10.1. The number of carbonyl (C=O) groups excluding carboxylic acids is 1. The molecule has 0 spiro atoms. The van der Waals surface area contributed by atoms with Crippen molar-refractivity contribution >= 4 is 5.97 Å². The summed E-state index contributed by atoms with van der Waals surface area (Å²) in [5, 5.41) is 9.63. The van der Waals surface area contributed by atoms with Gasteiger partial charge in [0.1, 0.15) is 6.10 Å². The van der Waals surface area contributed by atoms with Crippen LogP contribution < -0.4 is 0 Å². The number of ether oxygens (including phenoxy) is 2. The second-order valence-electron chi connectivity index (χ2n) is 15.4. The molecule has 0 heterocycles. The molecule has 0 amide bonds. The Morgan fingerprint density at radius 3 is 1.28 bits per heavy atom. The molecule has 0 saturated carbocycles. The van der Waals surface area contributed by atoms with Gasteiger partial charge in [-0.25, -0.2) is 0 Å². The van der Waals surface area contributed by atoms with Crippen LogP contribution in [-0.2, 0) is 14.3 Å². The maximum Gasteiger partial charge on any atom is 0.306 e. The molecular formula is C50H90O4. The fraction of sp³-hybridized carbons (Fsp3) is 0.780. The molecule has 0 aliphatic rings. The summed E-state index contributed by atoms with van der Waals surface area (Å²) in [6.45, 7) is 5.24. The number of carbonyl (C=O) groups is 1. The van der Waals surface area contributed by atoms with Crippen molar-refractivity contribution < 1.29 is 19.4 Å². The van der Waals surface area contributed by atoms with Gasteiger partial charge >= 0.3 is 5.97 Å². The maximum atomic E-state index is 12.2. The number of hydrogen-bond acceptors (Lipinski definition) is 4. The molecule has 1 N–H and O–H groups in total. The summed E-state index contributed by atoms with van der Waals surface area (Å²) in [7, 11) is 0. The van der Waals surface area contributed by atoms with E-state index in [9.17, 15) is 9.90 Å². The summed E-state index contributed by atoms with van der Waals surface area (Å²) in [6.07, 6.45) is 62.9. The van der Waals surface area contributed by atoms with E-state index < -0.39 is 6.10 Å². The molecule has 0 rings (SSSR count). The number of esters is 1. The van der Waals surface area contributed by atoms with Gasteiger partial charge in [0.15, 0.2) is 0 Å². The minimum atomic E-state index is -0.540. The van der Waals surface area contributed by atoms with Crippen molar-refractivity contribution in [1.29, 1.82) is 0 Å².